The van der Waals surface area contributed by atoms with Crippen LogP contribution in [0.15, 0.2) is 18.2 Å². The lowest BCUT2D eigenvalue weighted by Crippen LogP contribution is -2.29. The zero-order chi connectivity index (χ0) is 13.7. The molecule has 1 aliphatic carbocycles. The number of hydrogen-bond acceptors (Lipinski definition) is 2. The summed E-state index contributed by atoms with van der Waals surface area (Å²) < 4.78 is 13.9. The maximum absolute atomic E-state index is 13.9. The van der Waals surface area contributed by atoms with Gasteiger partial charge in [0.2, 0.25) is 0 Å². The molecule has 0 saturated heterocycles. The average molecular weight is 260 g/mol. The molecule has 0 heterocycles. The van der Waals surface area contributed by atoms with Crippen LogP contribution >= 0.6 is 0 Å². The van der Waals surface area contributed by atoms with Crippen molar-refractivity contribution >= 4 is 0 Å². The molecule has 2 N–H and O–H groups in total. The second kappa shape index (κ2) is 6.70. The van der Waals surface area contributed by atoms with Crippen LogP contribution in [0.3, 0.4) is 0 Å². The third kappa shape index (κ3) is 4.05. The summed E-state index contributed by atoms with van der Waals surface area (Å²) in [6.45, 7) is 2.02. The van der Waals surface area contributed by atoms with Crippen molar-refractivity contribution in [3.8, 4) is 11.8 Å². The number of rotatable bonds is 4. The van der Waals surface area contributed by atoms with Crippen molar-refractivity contribution in [1.82, 2.24) is 4.90 Å². The van der Waals surface area contributed by atoms with E-state index in [4.69, 9.17) is 5.73 Å². The molecule has 0 aromatic heterocycles. The van der Waals surface area contributed by atoms with Gasteiger partial charge in [-0.1, -0.05) is 24.3 Å². The molecule has 0 bridgehead atoms. The van der Waals surface area contributed by atoms with Crippen molar-refractivity contribution < 1.29 is 4.39 Å². The molecule has 0 amide bonds. The molecule has 0 unspecified atom stereocenters. The van der Waals surface area contributed by atoms with E-state index in [0.29, 0.717) is 18.7 Å². The maximum Gasteiger partial charge on any atom is 0.128 e. The fraction of sp³-hybridized carbons (Fsp3) is 0.500. The second-order valence-electron chi connectivity index (χ2n) is 5.31. The van der Waals surface area contributed by atoms with Gasteiger partial charge in [0, 0.05) is 24.2 Å². The molecule has 1 fully saturated rings. The predicted octanol–water partition coefficient (Wildman–Crippen LogP) is 2.37. The molecule has 0 atom stereocenters. The first-order chi connectivity index (χ1) is 9.19. The van der Waals surface area contributed by atoms with Gasteiger partial charge in [0.15, 0.2) is 0 Å². The molecule has 19 heavy (non-hydrogen) atoms. The molecular formula is C16H21FN2. The lowest BCUT2D eigenvalue weighted by Gasteiger charge is -2.30. The van der Waals surface area contributed by atoms with E-state index in [1.54, 1.807) is 0 Å². The zero-order valence-corrected chi connectivity index (χ0v) is 11.5. The minimum absolute atomic E-state index is 0.177. The Balaban J connectivity index is 1.95. The van der Waals surface area contributed by atoms with Gasteiger partial charge in [-0.2, -0.15) is 0 Å². The van der Waals surface area contributed by atoms with E-state index in [1.165, 1.54) is 25.3 Å². The van der Waals surface area contributed by atoms with Crippen molar-refractivity contribution in [2.24, 2.45) is 11.7 Å². The summed E-state index contributed by atoms with van der Waals surface area (Å²) in [4.78, 5) is 2.20. The third-order valence-electron chi connectivity index (χ3n) is 3.62. The van der Waals surface area contributed by atoms with Gasteiger partial charge in [0.25, 0.3) is 0 Å². The Morgan fingerprint density at radius 1 is 1.42 bits per heavy atom. The molecule has 1 aromatic carbocycles. The molecule has 1 saturated carbocycles. The molecule has 2 rings (SSSR count). The first-order valence-electron chi connectivity index (χ1n) is 6.85. The lowest BCUT2D eigenvalue weighted by atomic mass is 9.85. The normalized spacial score (nSPS) is 14.9. The summed E-state index contributed by atoms with van der Waals surface area (Å²) in [5.74, 6) is 6.21. The smallest absolute Gasteiger partial charge is 0.128 e. The topological polar surface area (TPSA) is 29.3 Å². The van der Waals surface area contributed by atoms with Crippen LogP contribution in [0.2, 0.25) is 0 Å². The van der Waals surface area contributed by atoms with Crippen LogP contribution in [0.1, 0.15) is 30.4 Å². The van der Waals surface area contributed by atoms with Crippen molar-refractivity contribution in [3.05, 3.63) is 35.1 Å². The summed E-state index contributed by atoms with van der Waals surface area (Å²) in [5, 5.41) is 0. The van der Waals surface area contributed by atoms with Crippen molar-refractivity contribution in [1.29, 1.82) is 0 Å². The molecule has 1 aliphatic rings. The van der Waals surface area contributed by atoms with Gasteiger partial charge >= 0.3 is 0 Å². The Labute approximate surface area is 114 Å². The zero-order valence-electron chi connectivity index (χ0n) is 11.5. The monoisotopic (exact) mass is 260 g/mol. The molecule has 0 radical (unpaired) electrons. The quantitative estimate of drug-likeness (QED) is 0.842. The van der Waals surface area contributed by atoms with Gasteiger partial charge in [0.1, 0.15) is 5.82 Å². The van der Waals surface area contributed by atoms with Gasteiger partial charge in [-0.25, -0.2) is 4.39 Å². The van der Waals surface area contributed by atoms with Gasteiger partial charge in [-0.05, 0) is 37.9 Å². The van der Waals surface area contributed by atoms with Gasteiger partial charge in [-0.15, -0.1) is 0 Å². The highest BCUT2D eigenvalue weighted by molar-refractivity contribution is 5.37. The van der Waals surface area contributed by atoms with Gasteiger partial charge in [-0.3, -0.25) is 0 Å². The molecule has 1 aromatic rings. The van der Waals surface area contributed by atoms with Gasteiger partial charge < -0.3 is 10.6 Å². The Bertz CT molecular complexity index is 483. The summed E-state index contributed by atoms with van der Waals surface area (Å²) in [6, 6.07) is 5.18. The lowest BCUT2D eigenvalue weighted by molar-refractivity contribution is 0.199. The van der Waals surface area contributed by atoms with Crippen molar-refractivity contribution in [2.45, 2.75) is 25.8 Å². The number of hydrogen-bond donors (Lipinski definition) is 1. The Morgan fingerprint density at radius 3 is 2.79 bits per heavy atom. The van der Waals surface area contributed by atoms with Crippen molar-refractivity contribution in [2.75, 3.05) is 20.1 Å². The van der Waals surface area contributed by atoms with Crippen LogP contribution in [0.25, 0.3) is 0 Å². The van der Waals surface area contributed by atoms with E-state index in [9.17, 15) is 4.39 Å². The summed E-state index contributed by atoms with van der Waals surface area (Å²) in [5.41, 5.74) is 6.73. The maximum atomic E-state index is 13.9. The number of nitrogens with two attached hydrogens (primary N) is 1. The van der Waals surface area contributed by atoms with Crippen LogP contribution in [-0.2, 0) is 6.54 Å². The molecule has 0 aliphatic heterocycles. The van der Waals surface area contributed by atoms with E-state index in [0.717, 1.165) is 18.0 Å². The number of halogens is 1. The summed E-state index contributed by atoms with van der Waals surface area (Å²) >= 11 is 0. The highest BCUT2D eigenvalue weighted by Crippen LogP contribution is 2.27. The first kappa shape index (κ1) is 14.0. The number of benzene rings is 1. The minimum Gasteiger partial charge on any atom is -0.320 e. The standard InChI is InChI=1S/C16H21FN2/c1-19(11-14-4-2-5-14)12-15-8-7-13(6-3-9-18)10-16(15)17/h7-8,10,14H,2,4-5,9,11-12,18H2,1H3. The Hall–Kier alpha value is -1.37. The second-order valence-corrected chi connectivity index (χ2v) is 5.31. The van der Waals surface area contributed by atoms with E-state index >= 15 is 0 Å². The van der Waals surface area contributed by atoms with E-state index < -0.39 is 0 Å². The van der Waals surface area contributed by atoms with Crippen LogP contribution in [-0.4, -0.2) is 25.0 Å². The van der Waals surface area contributed by atoms with Crippen LogP contribution < -0.4 is 5.73 Å². The molecule has 3 heteroatoms. The van der Waals surface area contributed by atoms with Gasteiger partial charge in [0.05, 0.1) is 6.54 Å². The summed E-state index contributed by atoms with van der Waals surface area (Å²) in [6.07, 6.45) is 3.99. The highest BCUT2D eigenvalue weighted by atomic mass is 19.1. The minimum atomic E-state index is -0.177. The molecular weight excluding hydrogens is 239 g/mol. The van der Waals surface area contributed by atoms with Crippen LogP contribution in [0.5, 0.6) is 0 Å². The first-order valence-corrected chi connectivity index (χ1v) is 6.85. The Morgan fingerprint density at radius 2 is 2.21 bits per heavy atom. The molecule has 102 valence electrons. The fourth-order valence-corrected chi connectivity index (χ4v) is 2.38. The third-order valence-corrected chi connectivity index (χ3v) is 3.62. The summed E-state index contributed by atoms with van der Waals surface area (Å²) in [7, 11) is 2.06. The molecule has 2 nitrogen and oxygen atoms in total. The highest BCUT2D eigenvalue weighted by Gasteiger charge is 2.19. The van der Waals surface area contributed by atoms with Crippen LogP contribution in [0.4, 0.5) is 4.39 Å². The molecule has 0 spiro atoms. The number of nitrogens with zero attached hydrogens (tertiary/aromatic N) is 1. The van der Waals surface area contributed by atoms with E-state index in [2.05, 4.69) is 23.8 Å². The van der Waals surface area contributed by atoms with Crippen molar-refractivity contribution in [3.63, 3.8) is 0 Å². The predicted molar refractivity (Wildman–Crippen MR) is 76.0 cm³/mol. The average Bonchev–Trinajstić information content (AvgIpc) is 2.34. The SMILES string of the molecule is CN(Cc1ccc(C#CCN)cc1F)CC1CCC1. The van der Waals surface area contributed by atoms with Crippen LogP contribution in [0, 0.1) is 23.6 Å². The largest absolute Gasteiger partial charge is 0.320 e. The Kier molecular flexibility index (Phi) is 4.95. The van der Waals surface area contributed by atoms with E-state index in [-0.39, 0.29) is 5.82 Å². The fourth-order valence-electron chi connectivity index (χ4n) is 2.38. The van der Waals surface area contributed by atoms with E-state index in [1.807, 2.05) is 12.1 Å².